The predicted octanol–water partition coefficient (Wildman–Crippen LogP) is 4.55. The molecule has 2 heterocycles. The van der Waals surface area contributed by atoms with Crippen LogP contribution in [0.15, 0.2) is 60.7 Å². The fraction of sp³-hybridized carbons (Fsp3) is 0.286. The van der Waals surface area contributed by atoms with Crippen LogP contribution in [0.25, 0.3) is 0 Å². The molecule has 0 fully saturated rings. The summed E-state index contributed by atoms with van der Waals surface area (Å²) in [5.74, 6) is 0.548. The van der Waals surface area contributed by atoms with Crippen molar-refractivity contribution in [3.05, 3.63) is 93.5 Å². The lowest BCUT2D eigenvalue weighted by molar-refractivity contribution is -0.124. The molecule has 2 aliphatic heterocycles. The Labute approximate surface area is 209 Å². The lowest BCUT2D eigenvalue weighted by Crippen LogP contribution is -2.50. The van der Waals surface area contributed by atoms with Gasteiger partial charge in [-0.15, -0.1) is 0 Å². The van der Waals surface area contributed by atoms with Gasteiger partial charge in [0.15, 0.2) is 11.5 Å². The maximum absolute atomic E-state index is 13.7. The van der Waals surface area contributed by atoms with Gasteiger partial charge in [0.1, 0.15) is 0 Å². The first-order valence-corrected chi connectivity index (χ1v) is 12.1. The van der Waals surface area contributed by atoms with Crippen LogP contribution in [-0.2, 0) is 17.6 Å². The van der Waals surface area contributed by atoms with Crippen LogP contribution in [0.3, 0.4) is 0 Å². The average molecular weight is 491 g/mol. The molecule has 3 aromatic carbocycles. The number of fused-ring (bicyclic) bond motifs is 4. The van der Waals surface area contributed by atoms with Crippen molar-refractivity contribution >= 4 is 23.4 Å². The maximum Gasteiger partial charge on any atom is 0.254 e. The SMILES string of the molecule is COc1cc2c(cc1OC)C1C(C(=O)NCCc3ccc(Cl)cc3)c3ccccc3C(=O)N1CC2. The van der Waals surface area contributed by atoms with E-state index in [0.717, 1.165) is 22.3 Å². The van der Waals surface area contributed by atoms with Gasteiger partial charge >= 0.3 is 0 Å². The Bertz CT molecular complexity index is 1270. The number of ether oxygens (including phenoxy) is 2. The van der Waals surface area contributed by atoms with Crippen LogP contribution in [0.1, 0.15) is 44.6 Å². The zero-order valence-electron chi connectivity index (χ0n) is 19.7. The summed E-state index contributed by atoms with van der Waals surface area (Å²) in [5, 5.41) is 3.80. The Kier molecular flexibility index (Phi) is 6.39. The highest BCUT2D eigenvalue weighted by Crippen LogP contribution is 2.48. The first-order valence-electron chi connectivity index (χ1n) is 11.7. The lowest BCUT2D eigenvalue weighted by atomic mass is 9.75. The van der Waals surface area contributed by atoms with E-state index >= 15 is 0 Å². The summed E-state index contributed by atoms with van der Waals surface area (Å²) in [6, 6.07) is 18.5. The number of carbonyl (C=O) groups excluding carboxylic acids is 2. The molecule has 0 aliphatic carbocycles. The van der Waals surface area contributed by atoms with Gasteiger partial charge < -0.3 is 19.7 Å². The van der Waals surface area contributed by atoms with Gasteiger partial charge in [-0.05, 0) is 65.4 Å². The van der Waals surface area contributed by atoms with E-state index in [1.54, 1.807) is 14.2 Å². The van der Waals surface area contributed by atoms with Crippen molar-refractivity contribution in [2.45, 2.75) is 24.8 Å². The molecule has 0 aromatic heterocycles. The number of nitrogens with one attached hydrogen (secondary N) is 1. The summed E-state index contributed by atoms with van der Waals surface area (Å²) >= 11 is 5.99. The number of amides is 2. The van der Waals surface area contributed by atoms with Gasteiger partial charge in [0, 0.05) is 23.7 Å². The minimum Gasteiger partial charge on any atom is -0.493 e. The van der Waals surface area contributed by atoms with E-state index in [0.29, 0.717) is 48.0 Å². The van der Waals surface area contributed by atoms with E-state index in [1.165, 1.54) is 0 Å². The summed E-state index contributed by atoms with van der Waals surface area (Å²) in [7, 11) is 3.20. The standard InChI is InChI=1S/C28H27ClN2O4/c1-34-23-15-18-12-14-31-26(22(18)16-24(23)35-2)25(20-5-3-4-6-21(20)28(31)33)27(32)30-13-11-17-7-9-19(29)10-8-17/h3-10,15-16,25-26H,11-14H2,1-2H3,(H,30,32). The highest BCUT2D eigenvalue weighted by atomic mass is 35.5. The van der Waals surface area contributed by atoms with Crippen LogP contribution in [0.2, 0.25) is 5.02 Å². The summed E-state index contributed by atoms with van der Waals surface area (Å²) < 4.78 is 11.1. The Morgan fingerprint density at radius 2 is 1.74 bits per heavy atom. The third-order valence-corrected chi connectivity index (χ3v) is 7.19. The van der Waals surface area contributed by atoms with Gasteiger partial charge in [0.25, 0.3) is 5.91 Å². The van der Waals surface area contributed by atoms with E-state index in [2.05, 4.69) is 5.32 Å². The number of hydrogen-bond acceptors (Lipinski definition) is 4. The zero-order chi connectivity index (χ0) is 24.5. The molecule has 5 rings (SSSR count). The highest BCUT2D eigenvalue weighted by Gasteiger charge is 2.46. The van der Waals surface area contributed by atoms with Crippen molar-refractivity contribution in [3.63, 3.8) is 0 Å². The van der Waals surface area contributed by atoms with Crippen LogP contribution in [0, 0.1) is 0 Å². The summed E-state index contributed by atoms with van der Waals surface area (Å²) in [6.45, 7) is 1.02. The van der Waals surface area contributed by atoms with E-state index in [4.69, 9.17) is 21.1 Å². The first kappa shape index (κ1) is 23.2. The summed E-state index contributed by atoms with van der Waals surface area (Å²) in [5.41, 5.74) is 4.43. The molecule has 0 spiro atoms. The van der Waals surface area contributed by atoms with Crippen molar-refractivity contribution in [1.29, 1.82) is 0 Å². The third kappa shape index (κ3) is 4.23. The molecular formula is C28H27ClN2O4. The van der Waals surface area contributed by atoms with Gasteiger partial charge in [-0.25, -0.2) is 0 Å². The normalized spacial score (nSPS) is 18.3. The van der Waals surface area contributed by atoms with Gasteiger partial charge in [-0.3, -0.25) is 9.59 Å². The molecule has 1 N–H and O–H groups in total. The number of carbonyl (C=O) groups is 2. The third-order valence-electron chi connectivity index (χ3n) is 6.93. The second kappa shape index (κ2) is 9.62. The molecule has 0 saturated heterocycles. The number of nitrogens with zero attached hydrogens (tertiary/aromatic N) is 1. The molecule has 2 unspecified atom stereocenters. The molecule has 0 saturated carbocycles. The van der Waals surface area contributed by atoms with Gasteiger partial charge in [-0.1, -0.05) is 41.9 Å². The molecule has 0 radical (unpaired) electrons. The van der Waals surface area contributed by atoms with Crippen molar-refractivity contribution in [2.75, 3.05) is 27.3 Å². The molecule has 7 heteroatoms. The minimum absolute atomic E-state index is 0.0451. The fourth-order valence-corrected chi connectivity index (χ4v) is 5.35. The number of halogens is 1. The van der Waals surface area contributed by atoms with Crippen LogP contribution < -0.4 is 14.8 Å². The van der Waals surface area contributed by atoms with E-state index in [9.17, 15) is 9.59 Å². The smallest absolute Gasteiger partial charge is 0.254 e. The number of hydrogen-bond donors (Lipinski definition) is 1. The van der Waals surface area contributed by atoms with E-state index < -0.39 is 12.0 Å². The molecule has 3 aromatic rings. The molecule has 0 bridgehead atoms. The molecular weight excluding hydrogens is 464 g/mol. The van der Waals surface area contributed by atoms with E-state index in [-0.39, 0.29) is 11.8 Å². The van der Waals surface area contributed by atoms with Crippen molar-refractivity contribution < 1.29 is 19.1 Å². The van der Waals surface area contributed by atoms with Crippen LogP contribution in [-0.4, -0.2) is 44.0 Å². The quantitative estimate of drug-likeness (QED) is 0.550. The number of methoxy groups -OCH3 is 2. The Morgan fingerprint density at radius 1 is 1.03 bits per heavy atom. The predicted molar refractivity (Wildman–Crippen MR) is 134 cm³/mol. The summed E-state index contributed by atoms with van der Waals surface area (Å²) in [6.07, 6.45) is 1.37. The molecule has 180 valence electrons. The second-order valence-corrected chi connectivity index (χ2v) is 9.27. The second-order valence-electron chi connectivity index (χ2n) is 8.83. The monoisotopic (exact) mass is 490 g/mol. The van der Waals surface area contributed by atoms with Gasteiger partial charge in [-0.2, -0.15) is 0 Å². The van der Waals surface area contributed by atoms with Crippen molar-refractivity contribution in [3.8, 4) is 11.5 Å². The van der Waals surface area contributed by atoms with Crippen molar-refractivity contribution in [2.24, 2.45) is 0 Å². The average Bonchev–Trinajstić information content (AvgIpc) is 2.89. The van der Waals surface area contributed by atoms with Gasteiger partial charge in [0.2, 0.25) is 5.91 Å². The molecule has 35 heavy (non-hydrogen) atoms. The number of benzene rings is 3. The topological polar surface area (TPSA) is 67.9 Å². The fourth-order valence-electron chi connectivity index (χ4n) is 5.23. The summed E-state index contributed by atoms with van der Waals surface area (Å²) in [4.78, 5) is 29.0. The highest BCUT2D eigenvalue weighted by molar-refractivity contribution is 6.30. The van der Waals surface area contributed by atoms with Gasteiger partial charge in [0.05, 0.1) is 26.2 Å². The molecule has 2 aliphatic rings. The van der Waals surface area contributed by atoms with Crippen LogP contribution in [0.4, 0.5) is 0 Å². The van der Waals surface area contributed by atoms with Crippen LogP contribution in [0.5, 0.6) is 11.5 Å². The Hall–Kier alpha value is -3.51. The van der Waals surface area contributed by atoms with E-state index in [1.807, 2.05) is 65.6 Å². The lowest BCUT2D eigenvalue weighted by Gasteiger charge is -2.45. The zero-order valence-corrected chi connectivity index (χ0v) is 20.5. The molecule has 6 nitrogen and oxygen atoms in total. The first-order chi connectivity index (χ1) is 17.0. The van der Waals surface area contributed by atoms with Crippen LogP contribution >= 0.6 is 11.6 Å². The maximum atomic E-state index is 13.7. The largest absolute Gasteiger partial charge is 0.493 e. The Morgan fingerprint density at radius 3 is 2.49 bits per heavy atom. The Balaban J connectivity index is 1.51. The molecule has 2 atom stereocenters. The molecule has 2 amide bonds. The number of rotatable bonds is 6. The minimum atomic E-state index is -0.536. The van der Waals surface area contributed by atoms with Crippen molar-refractivity contribution in [1.82, 2.24) is 10.2 Å².